The van der Waals surface area contributed by atoms with Gasteiger partial charge in [-0.1, -0.05) is 84.1 Å². The Labute approximate surface area is 246 Å². The van der Waals surface area contributed by atoms with E-state index in [1.54, 1.807) is 25.1 Å². The summed E-state index contributed by atoms with van der Waals surface area (Å²) < 4.78 is 28.7. The molecule has 1 atom stereocenters. The highest BCUT2D eigenvalue weighted by Crippen LogP contribution is 2.33. The first-order chi connectivity index (χ1) is 19.1. The minimum Gasteiger partial charge on any atom is -0.352 e. The van der Waals surface area contributed by atoms with E-state index in [-0.39, 0.29) is 34.1 Å². The van der Waals surface area contributed by atoms with Gasteiger partial charge in [0.05, 0.1) is 15.6 Å². The van der Waals surface area contributed by atoms with Crippen molar-refractivity contribution in [2.45, 2.75) is 63.1 Å². The molecule has 4 rings (SSSR count). The molecule has 1 N–H and O–H groups in total. The molecule has 0 heterocycles. The molecule has 3 aromatic rings. The lowest BCUT2D eigenvalue weighted by Crippen LogP contribution is -2.52. The van der Waals surface area contributed by atoms with Crippen LogP contribution in [-0.2, 0) is 26.2 Å². The molecule has 2 amide bonds. The van der Waals surface area contributed by atoms with Crippen LogP contribution >= 0.6 is 23.2 Å². The highest BCUT2D eigenvalue weighted by atomic mass is 35.5. The Morgan fingerprint density at radius 1 is 0.975 bits per heavy atom. The van der Waals surface area contributed by atoms with Gasteiger partial charge in [-0.2, -0.15) is 0 Å². The Bertz CT molecular complexity index is 1440. The Balaban J connectivity index is 1.70. The minimum atomic E-state index is -4.20. The zero-order valence-electron chi connectivity index (χ0n) is 22.5. The number of aryl methyl sites for hydroxylation is 1. The monoisotopic (exact) mass is 601 g/mol. The van der Waals surface area contributed by atoms with E-state index in [4.69, 9.17) is 23.2 Å². The molecule has 0 unspecified atom stereocenters. The Kier molecular flexibility index (Phi) is 9.77. The van der Waals surface area contributed by atoms with Gasteiger partial charge in [-0.25, -0.2) is 8.42 Å². The summed E-state index contributed by atoms with van der Waals surface area (Å²) in [6, 6.07) is 19.1. The molecular formula is C30H33Cl2N3O4S. The highest BCUT2D eigenvalue weighted by Gasteiger charge is 2.34. The van der Waals surface area contributed by atoms with Crippen molar-refractivity contribution in [1.29, 1.82) is 0 Å². The number of rotatable bonds is 10. The van der Waals surface area contributed by atoms with Crippen molar-refractivity contribution in [2.24, 2.45) is 0 Å². The molecule has 1 saturated carbocycles. The molecule has 0 spiro atoms. The number of benzene rings is 3. The van der Waals surface area contributed by atoms with Gasteiger partial charge in [-0.05, 0) is 62.6 Å². The Morgan fingerprint density at radius 2 is 1.62 bits per heavy atom. The van der Waals surface area contributed by atoms with Gasteiger partial charge in [0.2, 0.25) is 11.8 Å². The van der Waals surface area contributed by atoms with Gasteiger partial charge in [-0.3, -0.25) is 13.9 Å². The van der Waals surface area contributed by atoms with Gasteiger partial charge in [0, 0.05) is 17.6 Å². The second-order valence-corrected chi connectivity index (χ2v) is 12.8. The van der Waals surface area contributed by atoms with Crippen LogP contribution in [0.1, 0.15) is 43.7 Å². The average molecular weight is 603 g/mol. The van der Waals surface area contributed by atoms with Crippen LogP contribution in [0.4, 0.5) is 5.69 Å². The van der Waals surface area contributed by atoms with Gasteiger partial charge >= 0.3 is 0 Å². The second kappa shape index (κ2) is 13.1. The zero-order valence-corrected chi connectivity index (χ0v) is 24.8. The van der Waals surface area contributed by atoms with Crippen molar-refractivity contribution < 1.29 is 18.0 Å². The topological polar surface area (TPSA) is 86.8 Å². The third-order valence-corrected chi connectivity index (χ3v) is 9.44. The van der Waals surface area contributed by atoms with Crippen LogP contribution in [0.3, 0.4) is 0 Å². The number of anilines is 1. The van der Waals surface area contributed by atoms with Gasteiger partial charge < -0.3 is 10.2 Å². The molecule has 3 aromatic carbocycles. The first-order valence-corrected chi connectivity index (χ1v) is 15.4. The number of hydrogen-bond donors (Lipinski definition) is 1. The Hall–Kier alpha value is -3.07. The number of halogens is 2. The van der Waals surface area contributed by atoms with Crippen LogP contribution in [0.25, 0.3) is 0 Å². The SMILES string of the molecule is Cc1ccc(CN(C(=O)CN(c2ccc(Cl)cc2Cl)S(=O)(=O)c2ccccc2)[C@H](C)C(=O)NC2CCCC2)cc1. The zero-order chi connectivity index (χ0) is 28.9. The van der Waals surface area contributed by atoms with E-state index in [1.165, 1.54) is 35.2 Å². The number of carbonyl (C=O) groups is 2. The molecule has 1 fully saturated rings. The number of carbonyl (C=O) groups excluding carboxylic acids is 2. The standard InChI is InChI=1S/C30H33Cl2N3O4S/c1-21-12-14-23(15-13-21)19-34(22(2)30(37)33-25-8-6-7-9-25)29(36)20-35(28-17-16-24(31)18-27(28)32)40(38,39)26-10-4-3-5-11-26/h3-5,10-18,22,25H,6-9,19-20H2,1-2H3,(H,33,37)/t22-/m1/s1. The van der Waals surface area contributed by atoms with E-state index in [0.717, 1.165) is 41.1 Å². The van der Waals surface area contributed by atoms with Crippen molar-refractivity contribution in [2.75, 3.05) is 10.8 Å². The molecule has 10 heteroatoms. The van der Waals surface area contributed by atoms with E-state index in [9.17, 15) is 18.0 Å². The first-order valence-electron chi connectivity index (χ1n) is 13.2. The first kappa shape index (κ1) is 29.9. The van der Waals surface area contributed by atoms with E-state index in [2.05, 4.69) is 5.32 Å². The average Bonchev–Trinajstić information content (AvgIpc) is 3.45. The van der Waals surface area contributed by atoms with Crippen molar-refractivity contribution in [3.8, 4) is 0 Å². The number of sulfonamides is 1. The fourth-order valence-electron chi connectivity index (χ4n) is 4.78. The normalized spacial score (nSPS) is 14.5. The lowest BCUT2D eigenvalue weighted by Gasteiger charge is -2.32. The van der Waals surface area contributed by atoms with Crippen molar-refractivity contribution in [1.82, 2.24) is 10.2 Å². The largest absolute Gasteiger partial charge is 0.352 e. The summed E-state index contributed by atoms with van der Waals surface area (Å²) in [5.74, 6) is -0.811. The third-order valence-electron chi connectivity index (χ3n) is 7.13. The summed E-state index contributed by atoms with van der Waals surface area (Å²) >= 11 is 12.5. The maximum absolute atomic E-state index is 14.0. The third kappa shape index (κ3) is 7.16. The molecule has 0 aliphatic heterocycles. The van der Waals surface area contributed by atoms with E-state index >= 15 is 0 Å². The van der Waals surface area contributed by atoms with Crippen LogP contribution in [0, 0.1) is 6.92 Å². The van der Waals surface area contributed by atoms with Crippen LogP contribution in [0.15, 0.2) is 77.7 Å². The summed E-state index contributed by atoms with van der Waals surface area (Å²) in [5, 5.41) is 3.47. The predicted molar refractivity (Wildman–Crippen MR) is 159 cm³/mol. The summed E-state index contributed by atoms with van der Waals surface area (Å²) in [4.78, 5) is 28.7. The Morgan fingerprint density at radius 3 is 2.25 bits per heavy atom. The highest BCUT2D eigenvalue weighted by molar-refractivity contribution is 7.92. The van der Waals surface area contributed by atoms with E-state index in [0.29, 0.717) is 5.02 Å². The molecule has 1 aliphatic rings. The summed E-state index contributed by atoms with van der Waals surface area (Å²) in [5.41, 5.74) is 1.99. The van der Waals surface area contributed by atoms with Gasteiger partial charge in [-0.15, -0.1) is 0 Å². The number of nitrogens with one attached hydrogen (secondary N) is 1. The van der Waals surface area contributed by atoms with Gasteiger partial charge in [0.1, 0.15) is 12.6 Å². The quantitative estimate of drug-likeness (QED) is 0.310. The van der Waals surface area contributed by atoms with Crippen LogP contribution < -0.4 is 9.62 Å². The molecule has 212 valence electrons. The lowest BCUT2D eigenvalue weighted by molar-refractivity contribution is -0.139. The van der Waals surface area contributed by atoms with E-state index < -0.39 is 28.5 Å². The fraction of sp³-hybridized carbons (Fsp3) is 0.333. The summed E-state index contributed by atoms with van der Waals surface area (Å²) in [6.45, 7) is 3.20. The van der Waals surface area contributed by atoms with Crippen molar-refractivity contribution >= 4 is 50.7 Å². The molecule has 0 radical (unpaired) electrons. The van der Waals surface area contributed by atoms with E-state index in [1.807, 2.05) is 31.2 Å². The van der Waals surface area contributed by atoms with Crippen molar-refractivity contribution in [3.63, 3.8) is 0 Å². The van der Waals surface area contributed by atoms with Crippen molar-refractivity contribution in [3.05, 3.63) is 94.0 Å². The number of amides is 2. The second-order valence-electron chi connectivity index (χ2n) is 10.1. The minimum absolute atomic E-state index is 0.00549. The predicted octanol–water partition coefficient (Wildman–Crippen LogP) is 5.97. The van der Waals surface area contributed by atoms with Crippen LogP contribution in [0.2, 0.25) is 10.0 Å². The maximum atomic E-state index is 14.0. The molecular weight excluding hydrogens is 569 g/mol. The number of hydrogen-bond acceptors (Lipinski definition) is 4. The lowest BCUT2D eigenvalue weighted by atomic mass is 10.1. The maximum Gasteiger partial charge on any atom is 0.264 e. The molecule has 7 nitrogen and oxygen atoms in total. The fourth-order valence-corrected chi connectivity index (χ4v) is 6.80. The van der Waals surface area contributed by atoms with Crippen LogP contribution in [-0.4, -0.2) is 43.8 Å². The molecule has 0 bridgehead atoms. The van der Waals surface area contributed by atoms with Crippen LogP contribution in [0.5, 0.6) is 0 Å². The summed E-state index contributed by atoms with van der Waals surface area (Å²) in [6.07, 6.45) is 3.92. The molecule has 0 saturated heterocycles. The smallest absolute Gasteiger partial charge is 0.264 e. The van der Waals surface area contributed by atoms with Gasteiger partial charge in [0.15, 0.2) is 0 Å². The van der Waals surface area contributed by atoms with Gasteiger partial charge in [0.25, 0.3) is 10.0 Å². The number of nitrogens with zero attached hydrogens (tertiary/aromatic N) is 2. The molecule has 40 heavy (non-hydrogen) atoms. The molecule has 1 aliphatic carbocycles. The molecule has 0 aromatic heterocycles. The summed E-state index contributed by atoms with van der Waals surface area (Å²) in [7, 11) is -4.20.